The Bertz CT molecular complexity index is 1030. The SMILES string of the molecule is COC(=O)[C@@H](Cc1c[nH]c2ccccc12)N=Cc1cccc([N+](=O)[O-])c1O. The molecule has 0 radical (unpaired) electrons. The maximum Gasteiger partial charge on any atom is 0.330 e. The zero-order valence-electron chi connectivity index (χ0n) is 14.5. The fourth-order valence-electron chi connectivity index (χ4n) is 2.81. The highest BCUT2D eigenvalue weighted by atomic mass is 16.6. The van der Waals surface area contributed by atoms with Crippen molar-refractivity contribution in [3.8, 4) is 5.75 Å². The van der Waals surface area contributed by atoms with Crippen LogP contribution < -0.4 is 0 Å². The second-order valence-corrected chi connectivity index (χ2v) is 5.85. The highest BCUT2D eigenvalue weighted by Crippen LogP contribution is 2.28. The van der Waals surface area contributed by atoms with E-state index < -0.39 is 28.4 Å². The number of aromatic hydroxyl groups is 1. The summed E-state index contributed by atoms with van der Waals surface area (Å²) < 4.78 is 4.82. The van der Waals surface area contributed by atoms with Crippen molar-refractivity contribution in [2.45, 2.75) is 12.5 Å². The van der Waals surface area contributed by atoms with E-state index in [1.807, 2.05) is 24.3 Å². The monoisotopic (exact) mass is 367 g/mol. The lowest BCUT2D eigenvalue weighted by molar-refractivity contribution is -0.385. The number of H-pyrrole nitrogens is 1. The van der Waals surface area contributed by atoms with E-state index in [4.69, 9.17) is 4.74 Å². The average Bonchev–Trinajstić information content (AvgIpc) is 3.08. The molecule has 0 aliphatic carbocycles. The number of carbonyl (C=O) groups is 1. The molecule has 0 amide bonds. The topological polar surface area (TPSA) is 118 Å². The number of rotatable bonds is 6. The molecule has 0 saturated heterocycles. The third kappa shape index (κ3) is 3.79. The maximum absolute atomic E-state index is 12.1. The third-order valence-corrected chi connectivity index (χ3v) is 4.20. The molecule has 1 heterocycles. The first kappa shape index (κ1) is 18.1. The van der Waals surface area contributed by atoms with Crippen molar-refractivity contribution in [3.63, 3.8) is 0 Å². The first-order valence-corrected chi connectivity index (χ1v) is 8.13. The Morgan fingerprint density at radius 1 is 1.33 bits per heavy atom. The number of nitrogens with one attached hydrogen (secondary N) is 1. The van der Waals surface area contributed by atoms with Crippen LogP contribution in [-0.2, 0) is 16.0 Å². The Morgan fingerprint density at radius 3 is 2.85 bits per heavy atom. The third-order valence-electron chi connectivity index (χ3n) is 4.20. The lowest BCUT2D eigenvalue weighted by atomic mass is 10.1. The molecule has 0 saturated carbocycles. The predicted octanol–water partition coefficient (Wildman–Crippen LogP) is 2.98. The first-order chi connectivity index (χ1) is 13.0. The van der Waals surface area contributed by atoms with Crippen LogP contribution in [-0.4, -0.2) is 40.3 Å². The average molecular weight is 367 g/mol. The minimum atomic E-state index is -0.854. The molecule has 2 aromatic carbocycles. The van der Waals surface area contributed by atoms with Crippen molar-refractivity contribution in [2.24, 2.45) is 4.99 Å². The highest BCUT2D eigenvalue weighted by molar-refractivity contribution is 5.89. The highest BCUT2D eigenvalue weighted by Gasteiger charge is 2.21. The van der Waals surface area contributed by atoms with Gasteiger partial charge in [-0.25, -0.2) is 4.79 Å². The van der Waals surface area contributed by atoms with Crippen LogP contribution in [0.1, 0.15) is 11.1 Å². The molecule has 0 aliphatic rings. The zero-order chi connectivity index (χ0) is 19.4. The van der Waals surface area contributed by atoms with Crippen LogP contribution in [0.3, 0.4) is 0 Å². The van der Waals surface area contributed by atoms with Crippen LogP contribution in [0, 0.1) is 10.1 Å². The summed E-state index contributed by atoms with van der Waals surface area (Å²) in [6.07, 6.45) is 3.34. The Balaban J connectivity index is 1.90. The Kier molecular flexibility index (Phi) is 5.16. The number of fused-ring (bicyclic) bond motifs is 1. The number of aromatic nitrogens is 1. The summed E-state index contributed by atoms with van der Waals surface area (Å²) in [5.74, 6) is -1.04. The van der Waals surface area contributed by atoms with Crippen LogP contribution in [0.4, 0.5) is 5.69 Å². The second kappa shape index (κ2) is 7.69. The number of para-hydroxylation sites is 2. The summed E-state index contributed by atoms with van der Waals surface area (Å²) in [5, 5.41) is 21.9. The Labute approximate surface area is 154 Å². The molecule has 0 spiro atoms. The van der Waals surface area contributed by atoms with E-state index in [-0.39, 0.29) is 12.0 Å². The molecule has 3 aromatic rings. The number of phenolic OH excluding ortho intramolecular Hbond substituents is 1. The summed E-state index contributed by atoms with van der Waals surface area (Å²) in [7, 11) is 1.27. The second-order valence-electron chi connectivity index (χ2n) is 5.85. The molecule has 2 N–H and O–H groups in total. The van der Waals surface area contributed by atoms with Crippen LogP contribution in [0.15, 0.2) is 53.7 Å². The molecule has 0 unspecified atom stereocenters. The number of nitro benzene ring substituents is 1. The molecule has 0 fully saturated rings. The molecule has 3 rings (SSSR count). The number of methoxy groups -OCH3 is 1. The number of benzene rings is 2. The Morgan fingerprint density at radius 2 is 2.11 bits per heavy atom. The smallest absolute Gasteiger partial charge is 0.330 e. The molecule has 138 valence electrons. The van der Waals surface area contributed by atoms with Gasteiger partial charge in [-0.2, -0.15) is 0 Å². The van der Waals surface area contributed by atoms with E-state index >= 15 is 0 Å². The van der Waals surface area contributed by atoms with Gasteiger partial charge in [0.2, 0.25) is 5.75 Å². The largest absolute Gasteiger partial charge is 0.502 e. The minimum Gasteiger partial charge on any atom is -0.502 e. The van der Waals surface area contributed by atoms with Crippen LogP contribution in [0.25, 0.3) is 10.9 Å². The van der Waals surface area contributed by atoms with Gasteiger partial charge in [-0.3, -0.25) is 15.1 Å². The normalized spacial score (nSPS) is 12.3. The number of hydrogen-bond acceptors (Lipinski definition) is 6. The van der Waals surface area contributed by atoms with Gasteiger partial charge in [-0.15, -0.1) is 0 Å². The van der Waals surface area contributed by atoms with Gasteiger partial charge in [-0.1, -0.05) is 24.3 Å². The van der Waals surface area contributed by atoms with E-state index in [0.29, 0.717) is 0 Å². The number of aliphatic imine (C=N–C) groups is 1. The van der Waals surface area contributed by atoms with Gasteiger partial charge in [0.25, 0.3) is 0 Å². The molecule has 1 aromatic heterocycles. The summed E-state index contributed by atoms with van der Waals surface area (Å²) in [5.41, 5.74) is 1.56. The zero-order valence-corrected chi connectivity index (χ0v) is 14.5. The maximum atomic E-state index is 12.1. The number of nitro groups is 1. The molecule has 8 nitrogen and oxygen atoms in total. The predicted molar refractivity (Wildman–Crippen MR) is 100 cm³/mol. The van der Waals surface area contributed by atoms with Crippen molar-refractivity contribution in [2.75, 3.05) is 7.11 Å². The minimum absolute atomic E-state index is 0.150. The van der Waals surface area contributed by atoms with Crippen molar-refractivity contribution >= 4 is 28.8 Å². The van der Waals surface area contributed by atoms with E-state index in [1.54, 1.807) is 6.20 Å². The fourth-order valence-corrected chi connectivity index (χ4v) is 2.81. The van der Waals surface area contributed by atoms with Gasteiger partial charge in [0.1, 0.15) is 0 Å². The van der Waals surface area contributed by atoms with E-state index in [9.17, 15) is 20.0 Å². The number of hydrogen-bond donors (Lipinski definition) is 2. The van der Waals surface area contributed by atoms with Crippen molar-refractivity contribution in [1.82, 2.24) is 4.98 Å². The first-order valence-electron chi connectivity index (χ1n) is 8.13. The number of phenols is 1. The number of esters is 1. The van der Waals surface area contributed by atoms with E-state index in [1.165, 1.54) is 31.5 Å². The number of nitrogens with zero attached hydrogens (tertiary/aromatic N) is 2. The summed E-state index contributed by atoms with van der Waals surface area (Å²) in [6, 6.07) is 10.9. The summed E-state index contributed by atoms with van der Waals surface area (Å²) in [6.45, 7) is 0. The number of carbonyl (C=O) groups excluding carboxylic acids is 1. The lowest BCUT2D eigenvalue weighted by Crippen LogP contribution is -2.23. The van der Waals surface area contributed by atoms with Gasteiger partial charge in [0.15, 0.2) is 6.04 Å². The van der Waals surface area contributed by atoms with Gasteiger partial charge in [0, 0.05) is 41.4 Å². The van der Waals surface area contributed by atoms with Crippen molar-refractivity contribution < 1.29 is 19.6 Å². The van der Waals surface area contributed by atoms with Gasteiger partial charge < -0.3 is 14.8 Å². The van der Waals surface area contributed by atoms with Crippen LogP contribution in [0.5, 0.6) is 5.75 Å². The summed E-state index contributed by atoms with van der Waals surface area (Å²) in [4.78, 5) is 29.7. The molecule has 0 aliphatic heterocycles. The van der Waals surface area contributed by atoms with Crippen LogP contribution >= 0.6 is 0 Å². The fraction of sp³-hybridized carbons (Fsp3) is 0.158. The molecular weight excluding hydrogens is 350 g/mol. The molecule has 1 atom stereocenters. The number of ether oxygens (including phenoxy) is 1. The molecule has 0 bridgehead atoms. The van der Waals surface area contributed by atoms with Gasteiger partial charge in [-0.05, 0) is 17.7 Å². The van der Waals surface area contributed by atoms with Gasteiger partial charge >= 0.3 is 11.7 Å². The number of aromatic amines is 1. The Hall–Kier alpha value is -3.68. The lowest BCUT2D eigenvalue weighted by Gasteiger charge is -2.10. The molecule has 27 heavy (non-hydrogen) atoms. The van der Waals surface area contributed by atoms with Crippen molar-refractivity contribution in [3.05, 3.63) is 69.9 Å². The molecular formula is C19H17N3O5. The van der Waals surface area contributed by atoms with Gasteiger partial charge in [0.05, 0.1) is 12.0 Å². The van der Waals surface area contributed by atoms with Crippen LogP contribution in [0.2, 0.25) is 0 Å². The van der Waals surface area contributed by atoms with E-state index in [2.05, 4.69) is 9.98 Å². The quantitative estimate of drug-likeness (QED) is 0.300. The van der Waals surface area contributed by atoms with Crippen molar-refractivity contribution in [1.29, 1.82) is 0 Å². The van der Waals surface area contributed by atoms with E-state index in [0.717, 1.165) is 16.5 Å². The summed E-state index contributed by atoms with van der Waals surface area (Å²) >= 11 is 0. The standard InChI is InChI=1S/C19H17N3O5/c1-27-19(24)16(9-13-11-20-15-7-3-2-6-14(13)15)21-10-12-5-4-8-17(18(12)23)22(25)26/h2-8,10-11,16,20,23H,9H2,1H3/t16-/m1/s1. The molecule has 8 heteroatoms.